The van der Waals surface area contributed by atoms with Gasteiger partial charge in [-0.3, -0.25) is 9.78 Å². The second-order valence-corrected chi connectivity index (χ2v) is 6.73. The zero-order valence-corrected chi connectivity index (χ0v) is 15.1. The van der Waals surface area contributed by atoms with Crippen LogP contribution in [0.5, 0.6) is 0 Å². The Morgan fingerprint density at radius 2 is 2.19 bits per heavy atom. The summed E-state index contributed by atoms with van der Waals surface area (Å²) in [7, 11) is 0. The second kappa shape index (κ2) is 6.68. The Labute approximate surface area is 155 Å². The summed E-state index contributed by atoms with van der Waals surface area (Å²) in [5.41, 5.74) is 4.62. The van der Waals surface area contributed by atoms with E-state index >= 15 is 0 Å². The molecule has 0 saturated carbocycles. The SMILES string of the molecule is Cc1ccc(-c2noc(C)c2Cc2n[nH]c(=O)cc2N2CC(C#N)C2)cn1. The van der Waals surface area contributed by atoms with Gasteiger partial charge < -0.3 is 9.42 Å². The number of H-pyrrole nitrogens is 1. The molecule has 0 spiro atoms. The van der Waals surface area contributed by atoms with Crippen LogP contribution in [0, 0.1) is 31.1 Å². The first-order valence-electron chi connectivity index (χ1n) is 8.66. The summed E-state index contributed by atoms with van der Waals surface area (Å²) in [4.78, 5) is 18.1. The number of hydrogen-bond acceptors (Lipinski definition) is 7. The lowest BCUT2D eigenvalue weighted by Crippen LogP contribution is -2.47. The standard InChI is InChI=1S/C19H18N6O2/c1-11-3-4-14(8-21-11)19-15(12(2)27-24-19)5-16-17(6-18(26)23-22-16)25-9-13(7-20)10-25/h3-4,6,8,13H,5,9-10H2,1-2H3,(H,23,26). The van der Waals surface area contributed by atoms with Gasteiger partial charge in [-0.15, -0.1) is 0 Å². The van der Waals surface area contributed by atoms with E-state index in [0.717, 1.165) is 33.9 Å². The molecule has 1 fully saturated rings. The second-order valence-electron chi connectivity index (χ2n) is 6.73. The number of anilines is 1. The van der Waals surface area contributed by atoms with Crippen molar-refractivity contribution in [2.75, 3.05) is 18.0 Å². The van der Waals surface area contributed by atoms with Gasteiger partial charge in [0.25, 0.3) is 5.56 Å². The monoisotopic (exact) mass is 362 g/mol. The van der Waals surface area contributed by atoms with E-state index in [9.17, 15) is 4.79 Å². The van der Waals surface area contributed by atoms with E-state index in [1.54, 1.807) is 6.20 Å². The average molecular weight is 362 g/mol. The maximum Gasteiger partial charge on any atom is 0.266 e. The third-order valence-corrected chi connectivity index (χ3v) is 4.78. The zero-order chi connectivity index (χ0) is 19.0. The first kappa shape index (κ1) is 17.0. The number of nitrogens with zero attached hydrogens (tertiary/aromatic N) is 5. The zero-order valence-electron chi connectivity index (χ0n) is 15.1. The number of pyridine rings is 1. The first-order valence-corrected chi connectivity index (χ1v) is 8.66. The molecule has 0 bridgehead atoms. The summed E-state index contributed by atoms with van der Waals surface area (Å²) in [6, 6.07) is 7.66. The minimum atomic E-state index is -0.265. The lowest BCUT2D eigenvalue weighted by Gasteiger charge is -2.37. The summed E-state index contributed by atoms with van der Waals surface area (Å²) in [5.74, 6) is 0.687. The van der Waals surface area contributed by atoms with Gasteiger partial charge in [-0.1, -0.05) is 5.16 Å². The maximum absolute atomic E-state index is 11.8. The summed E-state index contributed by atoms with van der Waals surface area (Å²) in [6.07, 6.45) is 2.22. The predicted octanol–water partition coefficient (Wildman–Crippen LogP) is 1.99. The molecular weight excluding hydrogens is 344 g/mol. The van der Waals surface area contributed by atoms with Gasteiger partial charge >= 0.3 is 0 Å². The minimum Gasteiger partial charge on any atom is -0.367 e. The lowest BCUT2D eigenvalue weighted by molar-refractivity contribution is 0.398. The van der Waals surface area contributed by atoms with E-state index in [1.807, 2.05) is 30.9 Å². The minimum absolute atomic E-state index is 0.0105. The van der Waals surface area contributed by atoms with Gasteiger partial charge in [-0.05, 0) is 26.0 Å². The molecule has 27 heavy (non-hydrogen) atoms. The van der Waals surface area contributed by atoms with Crippen LogP contribution in [0.4, 0.5) is 5.69 Å². The highest BCUT2D eigenvalue weighted by molar-refractivity contribution is 5.64. The predicted molar refractivity (Wildman–Crippen MR) is 98.2 cm³/mol. The molecule has 1 saturated heterocycles. The van der Waals surface area contributed by atoms with E-state index in [0.29, 0.717) is 25.3 Å². The van der Waals surface area contributed by atoms with Gasteiger partial charge in [-0.2, -0.15) is 10.4 Å². The molecule has 8 nitrogen and oxygen atoms in total. The average Bonchev–Trinajstić information content (AvgIpc) is 2.98. The normalized spacial score (nSPS) is 14.0. The van der Waals surface area contributed by atoms with Crippen molar-refractivity contribution < 1.29 is 4.52 Å². The van der Waals surface area contributed by atoms with Crippen LogP contribution in [0.1, 0.15) is 22.7 Å². The molecule has 3 aromatic rings. The molecule has 0 amide bonds. The summed E-state index contributed by atoms with van der Waals surface area (Å²) in [6.45, 7) is 4.99. The third-order valence-electron chi connectivity index (χ3n) is 4.78. The molecule has 0 atom stereocenters. The van der Waals surface area contributed by atoms with Crippen LogP contribution < -0.4 is 10.5 Å². The van der Waals surface area contributed by atoms with Gasteiger partial charge in [0.15, 0.2) is 0 Å². The topological polar surface area (TPSA) is 112 Å². The van der Waals surface area contributed by atoms with E-state index in [4.69, 9.17) is 9.78 Å². The van der Waals surface area contributed by atoms with Crippen molar-refractivity contribution in [2.24, 2.45) is 5.92 Å². The van der Waals surface area contributed by atoms with Crippen LogP contribution in [0.2, 0.25) is 0 Å². The number of aryl methyl sites for hydroxylation is 2. The van der Waals surface area contributed by atoms with Crippen molar-refractivity contribution in [3.8, 4) is 17.3 Å². The Kier molecular flexibility index (Phi) is 4.20. The molecule has 136 valence electrons. The van der Waals surface area contributed by atoms with E-state index in [2.05, 4.69) is 26.4 Å². The molecule has 4 heterocycles. The Balaban J connectivity index is 1.70. The van der Waals surface area contributed by atoms with Gasteiger partial charge in [0, 0.05) is 48.6 Å². The largest absolute Gasteiger partial charge is 0.367 e. The van der Waals surface area contributed by atoms with Crippen molar-refractivity contribution in [1.82, 2.24) is 20.3 Å². The van der Waals surface area contributed by atoms with Crippen molar-refractivity contribution in [2.45, 2.75) is 20.3 Å². The van der Waals surface area contributed by atoms with E-state index in [-0.39, 0.29) is 11.5 Å². The Morgan fingerprint density at radius 3 is 2.89 bits per heavy atom. The van der Waals surface area contributed by atoms with Gasteiger partial charge in [0.1, 0.15) is 11.5 Å². The number of rotatable bonds is 4. The number of hydrogen-bond donors (Lipinski definition) is 1. The quantitative estimate of drug-likeness (QED) is 0.755. The molecule has 0 unspecified atom stereocenters. The molecule has 1 aliphatic heterocycles. The molecule has 0 aliphatic carbocycles. The molecule has 1 N–H and O–H groups in total. The van der Waals surface area contributed by atoms with Crippen molar-refractivity contribution >= 4 is 5.69 Å². The molecule has 4 rings (SSSR count). The molecule has 1 aliphatic rings. The van der Waals surface area contributed by atoms with Crippen molar-refractivity contribution in [3.05, 3.63) is 57.5 Å². The fourth-order valence-corrected chi connectivity index (χ4v) is 3.18. The van der Waals surface area contributed by atoms with Crippen molar-refractivity contribution in [1.29, 1.82) is 5.26 Å². The maximum atomic E-state index is 11.8. The number of nitriles is 1. The molecule has 0 radical (unpaired) electrons. The summed E-state index contributed by atoms with van der Waals surface area (Å²) >= 11 is 0. The molecule has 0 aromatic carbocycles. The van der Waals surface area contributed by atoms with Crippen LogP contribution in [0.3, 0.4) is 0 Å². The fourth-order valence-electron chi connectivity index (χ4n) is 3.18. The number of aromatic nitrogens is 4. The van der Waals surface area contributed by atoms with Gasteiger partial charge in [0.05, 0.1) is 23.4 Å². The third kappa shape index (κ3) is 3.19. The Morgan fingerprint density at radius 1 is 1.37 bits per heavy atom. The van der Waals surface area contributed by atoms with Crippen LogP contribution in [0.25, 0.3) is 11.3 Å². The van der Waals surface area contributed by atoms with Crippen LogP contribution in [-0.4, -0.2) is 33.4 Å². The highest BCUT2D eigenvalue weighted by atomic mass is 16.5. The van der Waals surface area contributed by atoms with Gasteiger partial charge in [-0.25, -0.2) is 5.10 Å². The van der Waals surface area contributed by atoms with E-state index in [1.165, 1.54) is 6.07 Å². The lowest BCUT2D eigenvalue weighted by atomic mass is 9.98. The van der Waals surface area contributed by atoms with Crippen LogP contribution in [-0.2, 0) is 6.42 Å². The first-order chi connectivity index (χ1) is 13.0. The molecular formula is C19H18N6O2. The smallest absolute Gasteiger partial charge is 0.266 e. The van der Waals surface area contributed by atoms with E-state index < -0.39 is 0 Å². The Bertz CT molecular complexity index is 1070. The van der Waals surface area contributed by atoms with Crippen LogP contribution >= 0.6 is 0 Å². The Hall–Kier alpha value is -3.47. The fraction of sp³-hybridized carbons (Fsp3) is 0.316. The molecule has 3 aromatic heterocycles. The highest BCUT2D eigenvalue weighted by Crippen LogP contribution is 2.31. The van der Waals surface area contributed by atoms with Gasteiger partial charge in [0.2, 0.25) is 0 Å². The van der Waals surface area contributed by atoms with Crippen LogP contribution in [0.15, 0.2) is 33.7 Å². The number of aromatic amines is 1. The summed E-state index contributed by atoms with van der Waals surface area (Å²) < 4.78 is 5.42. The van der Waals surface area contributed by atoms with Crippen molar-refractivity contribution in [3.63, 3.8) is 0 Å². The number of nitrogens with one attached hydrogen (secondary N) is 1. The molecule has 8 heteroatoms. The summed E-state index contributed by atoms with van der Waals surface area (Å²) in [5, 5.41) is 20.0. The highest BCUT2D eigenvalue weighted by Gasteiger charge is 2.29.